The van der Waals surface area contributed by atoms with Crippen LogP contribution in [0.2, 0.25) is 0 Å². The van der Waals surface area contributed by atoms with Crippen LogP contribution < -0.4 is 0 Å². The van der Waals surface area contributed by atoms with Crippen LogP contribution in [0.4, 0.5) is 9.59 Å². The van der Waals surface area contributed by atoms with Gasteiger partial charge in [0.15, 0.2) is 0 Å². The maximum absolute atomic E-state index is 12.1. The van der Waals surface area contributed by atoms with Crippen LogP contribution in [0.5, 0.6) is 0 Å². The number of hydrogen-bond acceptors (Lipinski definition) is 5. The average molecular weight is 330 g/mol. The van der Waals surface area contributed by atoms with Crippen molar-refractivity contribution in [2.75, 3.05) is 40.0 Å². The molecule has 1 fully saturated rings. The van der Waals surface area contributed by atoms with Crippen LogP contribution in [0.3, 0.4) is 0 Å². The van der Waals surface area contributed by atoms with E-state index in [1.54, 1.807) is 23.8 Å². The number of carbonyl (C=O) groups is 2. The molecule has 1 aliphatic rings. The molecule has 134 valence electrons. The molecule has 0 unspecified atom stereocenters. The molecule has 0 N–H and O–H groups in total. The molecule has 0 aromatic rings. The largest absolute Gasteiger partial charge is 0.450 e. The highest BCUT2D eigenvalue weighted by Gasteiger charge is 2.31. The lowest BCUT2D eigenvalue weighted by Crippen LogP contribution is -2.50. The van der Waals surface area contributed by atoms with Crippen molar-refractivity contribution < 1.29 is 23.8 Å². The maximum atomic E-state index is 12.1. The molecule has 0 radical (unpaired) electrons. The molecule has 0 bridgehead atoms. The van der Waals surface area contributed by atoms with E-state index in [2.05, 4.69) is 0 Å². The van der Waals surface area contributed by atoms with Gasteiger partial charge >= 0.3 is 12.2 Å². The Labute approximate surface area is 138 Å². The SMILES string of the molecule is CCOC(=O)N(CCOC)C1CCN(C(=O)OC(C)(C)C)CC1. The molecule has 0 saturated carbocycles. The number of likely N-dealkylation sites (tertiary alicyclic amines) is 1. The third-order valence-corrected chi connectivity index (χ3v) is 3.60. The van der Waals surface area contributed by atoms with Crippen molar-refractivity contribution in [2.45, 2.75) is 52.2 Å². The quantitative estimate of drug-likeness (QED) is 0.775. The molecule has 7 nitrogen and oxygen atoms in total. The first kappa shape index (κ1) is 19.5. The Morgan fingerprint density at radius 3 is 2.30 bits per heavy atom. The fourth-order valence-corrected chi connectivity index (χ4v) is 2.51. The minimum atomic E-state index is -0.497. The zero-order valence-electron chi connectivity index (χ0n) is 15.0. The summed E-state index contributed by atoms with van der Waals surface area (Å²) in [7, 11) is 1.61. The monoisotopic (exact) mass is 330 g/mol. The lowest BCUT2D eigenvalue weighted by atomic mass is 10.0. The summed E-state index contributed by atoms with van der Waals surface area (Å²) in [5.74, 6) is 0. The third kappa shape index (κ3) is 6.64. The molecule has 0 spiro atoms. The van der Waals surface area contributed by atoms with E-state index in [9.17, 15) is 9.59 Å². The normalized spacial score (nSPS) is 16.1. The molecule has 1 aliphatic heterocycles. The van der Waals surface area contributed by atoms with Crippen LogP contribution in [0, 0.1) is 0 Å². The van der Waals surface area contributed by atoms with Crippen molar-refractivity contribution in [1.29, 1.82) is 0 Å². The fourth-order valence-electron chi connectivity index (χ4n) is 2.51. The van der Waals surface area contributed by atoms with Crippen LogP contribution in [0.25, 0.3) is 0 Å². The van der Waals surface area contributed by atoms with Crippen molar-refractivity contribution in [3.05, 3.63) is 0 Å². The van der Waals surface area contributed by atoms with Crippen LogP contribution in [-0.4, -0.2) is 73.6 Å². The Morgan fingerprint density at radius 2 is 1.83 bits per heavy atom. The Hall–Kier alpha value is -1.50. The molecule has 7 heteroatoms. The molecular weight excluding hydrogens is 300 g/mol. The van der Waals surface area contributed by atoms with Crippen molar-refractivity contribution in [3.63, 3.8) is 0 Å². The van der Waals surface area contributed by atoms with Crippen molar-refractivity contribution in [1.82, 2.24) is 9.80 Å². The lowest BCUT2D eigenvalue weighted by Gasteiger charge is -2.38. The van der Waals surface area contributed by atoms with Gasteiger partial charge in [-0.25, -0.2) is 9.59 Å². The molecular formula is C16H30N2O5. The number of piperidine rings is 1. The predicted octanol–water partition coefficient (Wildman–Crippen LogP) is 2.49. The van der Waals surface area contributed by atoms with E-state index in [-0.39, 0.29) is 18.2 Å². The number of carbonyl (C=O) groups excluding carboxylic acids is 2. The summed E-state index contributed by atoms with van der Waals surface area (Å²) in [6.45, 7) is 9.79. The van der Waals surface area contributed by atoms with Crippen LogP contribution >= 0.6 is 0 Å². The zero-order valence-corrected chi connectivity index (χ0v) is 15.0. The number of nitrogens with zero attached hydrogens (tertiary/aromatic N) is 2. The lowest BCUT2D eigenvalue weighted by molar-refractivity contribution is 0.0121. The molecule has 0 aromatic heterocycles. The van der Waals surface area contributed by atoms with E-state index in [4.69, 9.17) is 14.2 Å². The van der Waals surface area contributed by atoms with Gasteiger partial charge in [-0.05, 0) is 40.5 Å². The number of amides is 2. The van der Waals surface area contributed by atoms with Crippen molar-refractivity contribution >= 4 is 12.2 Å². The summed E-state index contributed by atoms with van der Waals surface area (Å²) in [6, 6.07) is 0.0582. The summed E-state index contributed by atoms with van der Waals surface area (Å²) in [6.07, 6.45) is 0.805. The second kappa shape index (κ2) is 8.96. The first-order valence-electron chi connectivity index (χ1n) is 8.18. The molecule has 2 amide bonds. The summed E-state index contributed by atoms with van der Waals surface area (Å²) in [5.41, 5.74) is -0.497. The summed E-state index contributed by atoms with van der Waals surface area (Å²) < 4.78 is 15.6. The van der Waals surface area contributed by atoms with Gasteiger partial charge in [-0.3, -0.25) is 0 Å². The molecule has 0 aliphatic carbocycles. The van der Waals surface area contributed by atoms with Crippen molar-refractivity contribution in [2.24, 2.45) is 0 Å². The van der Waals surface area contributed by atoms with Crippen LogP contribution in [-0.2, 0) is 14.2 Å². The van der Waals surface area contributed by atoms with E-state index < -0.39 is 5.60 Å². The maximum Gasteiger partial charge on any atom is 0.410 e. The van der Waals surface area contributed by atoms with Crippen LogP contribution in [0.1, 0.15) is 40.5 Å². The molecule has 1 rings (SSSR count). The molecule has 0 atom stereocenters. The second-order valence-electron chi connectivity index (χ2n) is 6.58. The smallest absolute Gasteiger partial charge is 0.410 e. The van der Waals surface area contributed by atoms with E-state index in [1.165, 1.54) is 0 Å². The first-order chi connectivity index (χ1) is 10.8. The van der Waals surface area contributed by atoms with Crippen molar-refractivity contribution in [3.8, 4) is 0 Å². The highest BCUT2D eigenvalue weighted by molar-refractivity contribution is 5.69. The van der Waals surface area contributed by atoms with Gasteiger partial charge in [0.05, 0.1) is 13.2 Å². The minimum Gasteiger partial charge on any atom is -0.450 e. The number of methoxy groups -OCH3 is 1. The van der Waals surface area contributed by atoms with Gasteiger partial charge < -0.3 is 24.0 Å². The van der Waals surface area contributed by atoms with E-state index in [0.717, 1.165) is 0 Å². The third-order valence-electron chi connectivity index (χ3n) is 3.60. The summed E-state index contributed by atoms with van der Waals surface area (Å²) in [4.78, 5) is 27.6. The summed E-state index contributed by atoms with van der Waals surface area (Å²) in [5, 5.41) is 0. The number of hydrogen-bond donors (Lipinski definition) is 0. The summed E-state index contributed by atoms with van der Waals surface area (Å²) >= 11 is 0. The van der Waals surface area contributed by atoms with E-state index in [0.29, 0.717) is 45.7 Å². The highest BCUT2D eigenvalue weighted by atomic mass is 16.6. The Balaban J connectivity index is 2.56. The van der Waals surface area contributed by atoms with Gasteiger partial charge in [0.25, 0.3) is 0 Å². The van der Waals surface area contributed by atoms with Gasteiger partial charge in [-0.15, -0.1) is 0 Å². The fraction of sp³-hybridized carbons (Fsp3) is 0.875. The van der Waals surface area contributed by atoms with Crippen LogP contribution in [0.15, 0.2) is 0 Å². The molecule has 1 saturated heterocycles. The van der Waals surface area contributed by atoms with Gasteiger partial charge in [-0.2, -0.15) is 0 Å². The highest BCUT2D eigenvalue weighted by Crippen LogP contribution is 2.20. The van der Waals surface area contributed by atoms with E-state index in [1.807, 2.05) is 20.8 Å². The Morgan fingerprint density at radius 1 is 1.22 bits per heavy atom. The standard InChI is InChI=1S/C16H30N2O5/c1-6-22-15(20)18(11-12-21-5)13-7-9-17(10-8-13)14(19)23-16(2,3)4/h13H,6-12H2,1-5H3. The zero-order chi connectivity index (χ0) is 17.5. The minimum absolute atomic E-state index is 0.0582. The Bertz CT molecular complexity index is 386. The topological polar surface area (TPSA) is 68.3 Å². The second-order valence-corrected chi connectivity index (χ2v) is 6.58. The average Bonchev–Trinajstić information content (AvgIpc) is 2.47. The molecule has 1 heterocycles. The van der Waals surface area contributed by atoms with Gasteiger partial charge in [0.2, 0.25) is 0 Å². The van der Waals surface area contributed by atoms with Gasteiger partial charge in [0, 0.05) is 32.8 Å². The van der Waals surface area contributed by atoms with Gasteiger partial charge in [-0.1, -0.05) is 0 Å². The first-order valence-corrected chi connectivity index (χ1v) is 8.18. The van der Waals surface area contributed by atoms with Gasteiger partial charge in [0.1, 0.15) is 5.60 Å². The molecule has 0 aromatic carbocycles. The molecule has 23 heavy (non-hydrogen) atoms. The number of rotatable bonds is 5. The van der Waals surface area contributed by atoms with E-state index >= 15 is 0 Å². The number of ether oxygens (including phenoxy) is 3. The Kier molecular flexibility index (Phi) is 7.61. The predicted molar refractivity (Wildman–Crippen MR) is 86.4 cm³/mol.